The molecule has 0 aromatic heterocycles. The number of urea groups is 1. The smallest absolute Gasteiger partial charge is 0.323 e. The van der Waals surface area contributed by atoms with Crippen molar-refractivity contribution in [3.8, 4) is 5.75 Å². The zero-order valence-electron chi connectivity index (χ0n) is 12.0. The molecule has 22 heavy (non-hydrogen) atoms. The van der Waals surface area contributed by atoms with Crippen molar-refractivity contribution in [1.29, 1.82) is 0 Å². The second-order valence-electron chi connectivity index (χ2n) is 4.45. The van der Waals surface area contributed by atoms with Gasteiger partial charge in [-0.15, -0.1) is 0 Å². The standard InChI is InChI=1S/C16H16ClN3O2/c1-22-13-4-2-3-11(9-13)7-8-19-16(21)20-15-6-5-12(18)10-14(15)17/h2-10H,18H2,1H3,(H2,19,20,21)/b8-7+. The number of hydrogen-bond donors (Lipinski definition) is 3. The summed E-state index contributed by atoms with van der Waals surface area (Å²) < 4.78 is 5.13. The van der Waals surface area contributed by atoms with E-state index < -0.39 is 6.03 Å². The van der Waals surface area contributed by atoms with Gasteiger partial charge in [0.2, 0.25) is 0 Å². The second kappa shape index (κ2) is 7.38. The number of hydrogen-bond acceptors (Lipinski definition) is 3. The maximum atomic E-state index is 11.8. The highest BCUT2D eigenvalue weighted by Crippen LogP contribution is 2.23. The second-order valence-corrected chi connectivity index (χ2v) is 4.85. The lowest BCUT2D eigenvalue weighted by Gasteiger charge is -2.07. The van der Waals surface area contributed by atoms with Crippen LogP contribution in [0.2, 0.25) is 5.02 Å². The monoisotopic (exact) mass is 317 g/mol. The van der Waals surface area contributed by atoms with E-state index in [1.165, 1.54) is 6.20 Å². The molecule has 0 fully saturated rings. The molecule has 2 aromatic rings. The quantitative estimate of drug-likeness (QED) is 0.752. The number of methoxy groups -OCH3 is 1. The van der Waals surface area contributed by atoms with Gasteiger partial charge in [-0.3, -0.25) is 0 Å². The van der Waals surface area contributed by atoms with E-state index in [1.807, 2.05) is 24.3 Å². The van der Waals surface area contributed by atoms with E-state index >= 15 is 0 Å². The third kappa shape index (κ3) is 4.43. The fraction of sp³-hybridized carbons (Fsp3) is 0.0625. The van der Waals surface area contributed by atoms with Gasteiger partial charge >= 0.3 is 6.03 Å². The van der Waals surface area contributed by atoms with Crippen LogP contribution in [0.15, 0.2) is 48.7 Å². The first-order valence-electron chi connectivity index (χ1n) is 6.51. The van der Waals surface area contributed by atoms with Gasteiger partial charge in [-0.05, 0) is 42.0 Å². The number of carbonyl (C=O) groups excluding carboxylic acids is 1. The Labute approximate surface area is 133 Å². The molecule has 0 unspecified atom stereocenters. The predicted molar refractivity (Wildman–Crippen MR) is 90.0 cm³/mol. The highest BCUT2D eigenvalue weighted by molar-refractivity contribution is 6.34. The fourth-order valence-corrected chi connectivity index (χ4v) is 1.99. The van der Waals surface area contributed by atoms with Crippen LogP contribution in [0, 0.1) is 0 Å². The summed E-state index contributed by atoms with van der Waals surface area (Å²) in [6, 6.07) is 11.9. The molecule has 0 saturated heterocycles. The minimum Gasteiger partial charge on any atom is -0.497 e. The van der Waals surface area contributed by atoms with Gasteiger partial charge in [0, 0.05) is 11.9 Å². The topological polar surface area (TPSA) is 76.4 Å². The lowest BCUT2D eigenvalue weighted by molar-refractivity contribution is 0.255. The number of nitrogen functional groups attached to an aromatic ring is 1. The lowest BCUT2D eigenvalue weighted by atomic mass is 10.2. The van der Waals surface area contributed by atoms with Gasteiger partial charge in [0.15, 0.2) is 0 Å². The van der Waals surface area contributed by atoms with Crippen LogP contribution in [0.1, 0.15) is 5.56 Å². The molecule has 0 saturated carbocycles. The van der Waals surface area contributed by atoms with Crippen molar-refractivity contribution >= 4 is 35.1 Å². The first-order chi connectivity index (χ1) is 10.6. The molecule has 0 radical (unpaired) electrons. The molecule has 0 atom stereocenters. The minimum absolute atomic E-state index is 0.381. The predicted octanol–water partition coefficient (Wildman–Crippen LogP) is 3.72. The molecule has 0 aliphatic heterocycles. The Morgan fingerprint density at radius 3 is 2.82 bits per heavy atom. The van der Waals surface area contributed by atoms with E-state index in [0.717, 1.165) is 11.3 Å². The number of nitrogens with two attached hydrogens (primary N) is 1. The summed E-state index contributed by atoms with van der Waals surface area (Å²) in [7, 11) is 1.60. The molecule has 0 heterocycles. The lowest BCUT2D eigenvalue weighted by Crippen LogP contribution is -2.23. The van der Waals surface area contributed by atoms with Crippen LogP contribution in [0.4, 0.5) is 16.2 Å². The van der Waals surface area contributed by atoms with Crippen molar-refractivity contribution in [2.24, 2.45) is 0 Å². The molecule has 0 aliphatic carbocycles. The van der Waals surface area contributed by atoms with Gasteiger partial charge in [-0.25, -0.2) is 4.79 Å². The number of nitrogens with one attached hydrogen (secondary N) is 2. The Bertz CT molecular complexity index is 702. The SMILES string of the molecule is COc1cccc(/C=C/NC(=O)Nc2ccc(N)cc2Cl)c1. The van der Waals surface area contributed by atoms with Gasteiger partial charge in [0.25, 0.3) is 0 Å². The minimum atomic E-state index is -0.397. The van der Waals surface area contributed by atoms with Gasteiger partial charge in [0.05, 0.1) is 17.8 Å². The first-order valence-corrected chi connectivity index (χ1v) is 6.89. The number of halogens is 1. The third-order valence-electron chi connectivity index (χ3n) is 2.83. The number of carbonyl (C=O) groups is 1. The fourth-order valence-electron chi connectivity index (χ4n) is 1.75. The molecule has 0 bridgehead atoms. The number of benzene rings is 2. The highest BCUT2D eigenvalue weighted by Gasteiger charge is 2.04. The summed E-state index contributed by atoms with van der Waals surface area (Å²) in [6.07, 6.45) is 3.29. The van der Waals surface area contributed by atoms with Crippen molar-refractivity contribution in [1.82, 2.24) is 5.32 Å². The van der Waals surface area contributed by atoms with Gasteiger partial charge in [-0.2, -0.15) is 0 Å². The van der Waals surface area contributed by atoms with Crippen molar-refractivity contribution in [3.05, 3.63) is 59.3 Å². The van der Waals surface area contributed by atoms with Crippen molar-refractivity contribution in [3.63, 3.8) is 0 Å². The zero-order chi connectivity index (χ0) is 15.9. The van der Waals surface area contributed by atoms with Crippen LogP contribution in [-0.2, 0) is 0 Å². The summed E-state index contributed by atoms with van der Waals surface area (Å²) in [5.74, 6) is 0.750. The number of ether oxygens (including phenoxy) is 1. The number of rotatable bonds is 4. The van der Waals surface area contributed by atoms with E-state index in [9.17, 15) is 4.79 Å². The molecule has 5 nitrogen and oxygen atoms in total. The normalized spacial score (nSPS) is 10.5. The Morgan fingerprint density at radius 1 is 1.27 bits per heavy atom. The molecule has 4 N–H and O–H groups in total. The summed E-state index contributed by atoms with van der Waals surface area (Å²) in [5, 5.41) is 5.61. The summed E-state index contributed by atoms with van der Waals surface area (Å²) in [6.45, 7) is 0. The molecule has 0 aliphatic rings. The van der Waals surface area contributed by atoms with Crippen LogP contribution in [0.5, 0.6) is 5.75 Å². The van der Waals surface area contributed by atoms with E-state index in [-0.39, 0.29) is 0 Å². The van der Waals surface area contributed by atoms with E-state index in [1.54, 1.807) is 31.4 Å². The van der Waals surface area contributed by atoms with Gasteiger partial charge in [-0.1, -0.05) is 23.7 Å². The van der Waals surface area contributed by atoms with Gasteiger partial charge < -0.3 is 21.1 Å². The average Bonchev–Trinajstić information content (AvgIpc) is 2.50. The Morgan fingerprint density at radius 2 is 2.09 bits per heavy atom. The van der Waals surface area contributed by atoms with Crippen molar-refractivity contribution in [2.75, 3.05) is 18.2 Å². The Balaban J connectivity index is 1.93. The van der Waals surface area contributed by atoms with Crippen LogP contribution >= 0.6 is 11.6 Å². The summed E-state index contributed by atoms with van der Waals surface area (Å²) >= 11 is 5.98. The summed E-state index contributed by atoms with van der Waals surface area (Å²) in [4.78, 5) is 11.8. The maximum Gasteiger partial charge on any atom is 0.323 e. The molecular formula is C16H16ClN3O2. The molecular weight excluding hydrogens is 302 g/mol. The average molecular weight is 318 g/mol. The van der Waals surface area contributed by atoms with Crippen molar-refractivity contribution in [2.45, 2.75) is 0 Å². The largest absolute Gasteiger partial charge is 0.497 e. The maximum absolute atomic E-state index is 11.8. The Hall–Kier alpha value is -2.66. The van der Waals surface area contributed by atoms with Crippen molar-refractivity contribution < 1.29 is 9.53 Å². The molecule has 2 rings (SSSR count). The van der Waals surface area contributed by atoms with E-state index in [2.05, 4.69) is 10.6 Å². The number of anilines is 2. The zero-order valence-corrected chi connectivity index (χ0v) is 12.7. The first kappa shape index (κ1) is 15.7. The molecule has 114 valence electrons. The molecule has 2 amide bonds. The van der Waals surface area contributed by atoms with Gasteiger partial charge in [0.1, 0.15) is 5.75 Å². The van der Waals surface area contributed by atoms with Crippen LogP contribution in [0.25, 0.3) is 6.08 Å². The van der Waals surface area contributed by atoms with E-state index in [4.69, 9.17) is 22.1 Å². The molecule has 0 spiro atoms. The van der Waals surface area contributed by atoms with Crippen LogP contribution in [-0.4, -0.2) is 13.1 Å². The molecule has 6 heteroatoms. The van der Waals surface area contributed by atoms with E-state index in [0.29, 0.717) is 16.4 Å². The Kier molecular flexibility index (Phi) is 5.27. The van der Waals surface area contributed by atoms with Crippen LogP contribution < -0.4 is 21.1 Å². The third-order valence-corrected chi connectivity index (χ3v) is 3.14. The van der Waals surface area contributed by atoms with Crippen LogP contribution in [0.3, 0.4) is 0 Å². The number of amides is 2. The summed E-state index contributed by atoms with van der Waals surface area (Å²) in [5.41, 5.74) is 7.52. The highest BCUT2D eigenvalue weighted by atomic mass is 35.5. The molecule has 2 aromatic carbocycles.